The number of ether oxygens (including phenoxy) is 2. The van der Waals surface area contributed by atoms with Crippen molar-refractivity contribution in [1.82, 2.24) is 10.6 Å². The fourth-order valence-corrected chi connectivity index (χ4v) is 3.44. The van der Waals surface area contributed by atoms with Crippen molar-refractivity contribution in [3.05, 3.63) is 59.7 Å². The Morgan fingerprint density at radius 3 is 1.92 bits per heavy atom. The summed E-state index contributed by atoms with van der Waals surface area (Å²) in [6.07, 6.45) is -1.84. The molecule has 10 heteroatoms. The van der Waals surface area contributed by atoms with Crippen molar-refractivity contribution >= 4 is 18.2 Å². The largest absolute Gasteiger partial charge is 0.480 e. The molecular weight excluding hydrogens is 474 g/mol. The van der Waals surface area contributed by atoms with E-state index in [0.29, 0.717) is 0 Å². The minimum atomic E-state index is -2.86. The summed E-state index contributed by atoms with van der Waals surface area (Å²) >= 11 is 0. The van der Waals surface area contributed by atoms with E-state index in [-0.39, 0.29) is 18.9 Å². The van der Waals surface area contributed by atoms with Crippen molar-refractivity contribution in [2.24, 2.45) is 0 Å². The Bertz CT molecular complexity index is 1020. The van der Waals surface area contributed by atoms with Crippen LogP contribution in [-0.2, 0) is 14.3 Å². The molecule has 0 fully saturated rings. The molecule has 0 spiro atoms. The van der Waals surface area contributed by atoms with Crippen molar-refractivity contribution in [1.29, 1.82) is 0 Å². The van der Waals surface area contributed by atoms with Gasteiger partial charge >= 0.3 is 18.2 Å². The number of fused-ring (bicyclic) bond motifs is 3. The van der Waals surface area contributed by atoms with Gasteiger partial charge in [-0.3, -0.25) is 4.79 Å². The van der Waals surface area contributed by atoms with E-state index in [9.17, 15) is 23.2 Å². The first-order valence-electron chi connectivity index (χ1n) is 11.5. The highest BCUT2D eigenvalue weighted by molar-refractivity contribution is 5.79. The predicted molar refractivity (Wildman–Crippen MR) is 130 cm³/mol. The molecule has 3 N–H and O–H groups in total. The SMILES string of the molecule is CCC(F)(F)CNC(=O)OC(C)(C)C.O=C(O)CNC(=O)OCC1c2ccccc2-c2ccccc21. The number of hydrogen-bond acceptors (Lipinski definition) is 5. The fourth-order valence-electron chi connectivity index (χ4n) is 3.44. The maximum Gasteiger partial charge on any atom is 0.407 e. The maximum absolute atomic E-state index is 12.7. The zero-order chi connectivity index (χ0) is 26.9. The summed E-state index contributed by atoms with van der Waals surface area (Å²) in [4.78, 5) is 32.9. The third-order valence-corrected chi connectivity index (χ3v) is 5.14. The lowest BCUT2D eigenvalue weighted by molar-refractivity contribution is -0.135. The van der Waals surface area contributed by atoms with Crippen LogP contribution in [-0.4, -0.2) is 54.5 Å². The Kier molecular flexibility index (Phi) is 9.77. The standard InChI is InChI=1S/C17H15NO4.C9H17F2NO2/c19-16(20)9-18-17(21)22-10-15-13-7-3-1-5-11(13)12-6-2-4-8-14(12)15;1-5-9(10,11)6-12-7(13)14-8(2,3)4/h1-8,15H,9-10H2,(H,18,21)(H,19,20);5-6H2,1-4H3,(H,12,13). The van der Waals surface area contributed by atoms with E-state index in [2.05, 4.69) is 17.4 Å². The number of nitrogens with one attached hydrogen (secondary N) is 2. The molecular formula is C26H32F2N2O6. The molecule has 0 aromatic heterocycles. The molecule has 2 aromatic carbocycles. The van der Waals surface area contributed by atoms with Crippen LogP contribution in [0.1, 0.15) is 51.2 Å². The van der Waals surface area contributed by atoms with Crippen molar-refractivity contribution in [3.8, 4) is 11.1 Å². The van der Waals surface area contributed by atoms with Gasteiger partial charge < -0.3 is 25.2 Å². The molecule has 1 aliphatic rings. The number of rotatable bonds is 7. The lowest BCUT2D eigenvalue weighted by Gasteiger charge is -2.21. The molecule has 0 heterocycles. The molecule has 2 amide bonds. The number of hydrogen-bond donors (Lipinski definition) is 3. The van der Waals surface area contributed by atoms with Gasteiger partial charge in [-0.1, -0.05) is 55.5 Å². The Hall–Kier alpha value is -3.69. The van der Waals surface area contributed by atoms with Crippen LogP contribution < -0.4 is 10.6 Å². The molecule has 0 unspecified atom stereocenters. The van der Waals surface area contributed by atoms with Gasteiger partial charge in [0.05, 0.1) is 6.54 Å². The minimum Gasteiger partial charge on any atom is -0.480 e. The first kappa shape index (κ1) is 28.5. The summed E-state index contributed by atoms with van der Waals surface area (Å²) in [6, 6.07) is 16.1. The van der Waals surface area contributed by atoms with Crippen LogP contribution in [0, 0.1) is 0 Å². The number of benzene rings is 2. The van der Waals surface area contributed by atoms with E-state index in [0.717, 1.165) is 22.3 Å². The predicted octanol–water partition coefficient (Wildman–Crippen LogP) is 5.17. The quantitative estimate of drug-likeness (QED) is 0.478. The maximum atomic E-state index is 12.7. The Balaban J connectivity index is 0.000000284. The van der Waals surface area contributed by atoms with Gasteiger partial charge in [0.1, 0.15) is 18.8 Å². The van der Waals surface area contributed by atoms with E-state index in [1.165, 1.54) is 6.92 Å². The Morgan fingerprint density at radius 2 is 1.44 bits per heavy atom. The van der Waals surface area contributed by atoms with E-state index in [4.69, 9.17) is 14.6 Å². The lowest BCUT2D eigenvalue weighted by Crippen LogP contribution is -2.39. The van der Waals surface area contributed by atoms with Gasteiger partial charge in [0.2, 0.25) is 0 Å². The van der Waals surface area contributed by atoms with Gasteiger partial charge in [0.25, 0.3) is 5.92 Å². The normalized spacial score (nSPS) is 12.4. The molecule has 0 radical (unpaired) electrons. The monoisotopic (exact) mass is 506 g/mol. The number of carbonyl (C=O) groups is 3. The number of halogens is 2. The molecule has 196 valence electrons. The van der Waals surface area contributed by atoms with Crippen LogP contribution in [0.5, 0.6) is 0 Å². The molecule has 2 aromatic rings. The molecule has 0 saturated heterocycles. The average molecular weight is 507 g/mol. The zero-order valence-corrected chi connectivity index (χ0v) is 20.8. The molecule has 36 heavy (non-hydrogen) atoms. The number of alkyl carbamates (subject to hydrolysis) is 2. The second-order valence-corrected chi connectivity index (χ2v) is 9.14. The molecule has 0 atom stereocenters. The fraction of sp³-hybridized carbons (Fsp3) is 0.423. The van der Waals surface area contributed by atoms with Crippen molar-refractivity contribution in [2.75, 3.05) is 19.7 Å². The van der Waals surface area contributed by atoms with Gasteiger partial charge in [-0.15, -0.1) is 0 Å². The van der Waals surface area contributed by atoms with Crippen LogP contribution in [0.15, 0.2) is 48.5 Å². The third kappa shape index (κ3) is 8.83. The minimum absolute atomic E-state index is 0.0250. The molecule has 1 aliphatic carbocycles. The summed E-state index contributed by atoms with van der Waals surface area (Å²) in [7, 11) is 0. The molecule has 0 aliphatic heterocycles. The highest BCUT2D eigenvalue weighted by Crippen LogP contribution is 2.44. The second kappa shape index (κ2) is 12.3. The summed E-state index contributed by atoms with van der Waals surface area (Å²) in [5.74, 6) is -3.99. The van der Waals surface area contributed by atoms with Gasteiger partial charge in [-0.25, -0.2) is 18.4 Å². The number of carboxylic acids is 1. The number of alkyl halides is 2. The van der Waals surface area contributed by atoms with Crippen LogP contribution >= 0.6 is 0 Å². The Morgan fingerprint density at radius 1 is 0.917 bits per heavy atom. The van der Waals surface area contributed by atoms with Crippen LogP contribution in [0.4, 0.5) is 18.4 Å². The van der Waals surface area contributed by atoms with Crippen molar-refractivity contribution in [2.45, 2.75) is 51.6 Å². The molecule has 0 bridgehead atoms. The van der Waals surface area contributed by atoms with Gasteiger partial charge in [-0.05, 0) is 43.0 Å². The van der Waals surface area contributed by atoms with E-state index < -0.39 is 42.8 Å². The smallest absolute Gasteiger partial charge is 0.407 e. The summed E-state index contributed by atoms with van der Waals surface area (Å²) in [5, 5.41) is 12.7. The lowest BCUT2D eigenvalue weighted by atomic mass is 9.98. The average Bonchev–Trinajstić information content (AvgIpc) is 3.13. The van der Waals surface area contributed by atoms with Gasteiger partial charge in [-0.2, -0.15) is 0 Å². The number of carboxylic acid groups (broad SMARTS) is 1. The van der Waals surface area contributed by atoms with E-state index in [1.807, 2.05) is 41.7 Å². The van der Waals surface area contributed by atoms with E-state index >= 15 is 0 Å². The summed E-state index contributed by atoms with van der Waals surface area (Å²) in [5.41, 5.74) is 3.88. The molecule has 0 saturated carbocycles. The summed E-state index contributed by atoms with van der Waals surface area (Å²) in [6.45, 7) is 5.42. The highest BCUT2D eigenvalue weighted by atomic mass is 19.3. The molecule has 3 rings (SSSR count). The van der Waals surface area contributed by atoms with Gasteiger partial charge in [0.15, 0.2) is 0 Å². The zero-order valence-electron chi connectivity index (χ0n) is 20.8. The molecule has 8 nitrogen and oxygen atoms in total. The Labute approximate surface area is 209 Å². The first-order chi connectivity index (χ1) is 16.8. The third-order valence-electron chi connectivity index (χ3n) is 5.14. The van der Waals surface area contributed by atoms with Gasteiger partial charge in [0, 0.05) is 12.3 Å². The number of carbonyl (C=O) groups excluding carboxylic acids is 2. The topological polar surface area (TPSA) is 114 Å². The second-order valence-electron chi connectivity index (χ2n) is 9.14. The number of amides is 2. The van der Waals surface area contributed by atoms with Crippen LogP contribution in [0.3, 0.4) is 0 Å². The van der Waals surface area contributed by atoms with Crippen molar-refractivity contribution in [3.63, 3.8) is 0 Å². The van der Waals surface area contributed by atoms with Crippen molar-refractivity contribution < 1.29 is 37.7 Å². The van der Waals surface area contributed by atoms with E-state index in [1.54, 1.807) is 20.8 Å². The number of aliphatic carboxylic acids is 1. The highest BCUT2D eigenvalue weighted by Gasteiger charge is 2.29. The van der Waals surface area contributed by atoms with Crippen LogP contribution in [0.2, 0.25) is 0 Å². The summed E-state index contributed by atoms with van der Waals surface area (Å²) < 4.78 is 35.3. The van der Waals surface area contributed by atoms with Crippen LogP contribution in [0.25, 0.3) is 11.1 Å². The first-order valence-corrected chi connectivity index (χ1v) is 11.5.